The van der Waals surface area contributed by atoms with Crippen molar-refractivity contribution in [3.8, 4) is 68.1 Å². The molecule has 0 atom stereocenters. The number of rotatable bonds is 7. The van der Waals surface area contributed by atoms with Gasteiger partial charge in [0.05, 0.1) is 33.5 Å². The summed E-state index contributed by atoms with van der Waals surface area (Å²) < 4.78 is 4.60. The van der Waals surface area contributed by atoms with Crippen LogP contribution in [0.3, 0.4) is 0 Å². The first-order valence-electron chi connectivity index (χ1n) is 20.8. The highest BCUT2D eigenvalue weighted by Gasteiger charge is 2.23. The topological polar surface area (TPSA) is 61.4 Å². The highest BCUT2D eigenvalue weighted by Crippen LogP contribution is 2.42. The third-order valence-corrected chi connectivity index (χ3v) is 11.8. The third kappa shape index (κ3) is 5.96. The van der Waals surface area contributed by atoms with Crippen molar-refractivity contribution >= 4 is 43.6 Å². The number of pyridine rings is 1. The van der Waals surface area contributed by atoms with Crippen LogP contribution in [0.25, 0.3) is 112 Å². The first kappa shape index (κ1) is 35.5. The fourth-order valence-corrected chi connectivity index (χ4v) is 8.93. The summed E-state index contributed by atoms with van der Waals surface area (Å²) in [5, 5.41) is 4.56. The fraction of sp³-hybridized carbons (Fsp3) is 0. The van der Waals surface area contributed by atoms with Crippen LogP contribution >= 0.6 is 0 Å². The summed E-state index contributed by atoms with van der Waals surface area (Å²) in [6.45, 7) is 0. The number of nitrogens with zero attached hydrogens (tertiary/aromatic N) is 6. The summed E-state index contributed by atoms with van der Waals surface area (Å²) in [7, 11) is 0. The molecule has 0 amide bonds. The molecule has 4 aromatic heterocycles. The fourth-order valence-electron chi connectivity index (χ4n) is 8.93. The van der Waals surface area contributed by atoms with E-state index in [4.69, 9.17) is 19.9 Å². The molecule has 0 aliphatic rings. The average molecular weight is 793 g/mol. The van der Waals surface area contributed by atoms with E-state index in [1.54, 1.807) is 0 Å². The Morgan fingerprint density at radius 2 is 0.823 bits per heavy atom. The van der Waals surface area contributed by atoms with Crippen LogP contribution in [0.5, 0.6) is 0 Å². The molecular weight excluding hydrogens is 757 g/mol. The minimum atomic E-state index is 0.546. The van der Waals surface area contributed by atoms with E-state index in [-0.39, 0.29) is 0 Å². The Bertz CT molecular complexity index is 3560. The molecule has 0 N–H and O–H groups in total. The molecule has 4 heterocycles. The van der Waals surface area contributed by atoms with Gasteiger partial charge in [-0.2, -0.15) is 9.97 Å². The average Bonchev–Trinajstić information content (AvgIpc) is 3.88. The van der Waals surface area contributed by atoms with Crippen molar-refractivity contribution in [2.24, 2.45) is 0 Å². The van der Waals surface area contributed by atoms with Crippen molar-refractivity contribution in [1.29, 1.82) is 0 Å². The molecule has 0 aliphatic carbocycles. The van der Waals surface area contributed by atoms with Crippen LogP contribution in [0.4, 0.5) is 0 Å². The minimum Gasteiger partial charge on any atom is -0.309 e. The Morgan fingerprint density at radius 3 is 1.53 bits per heavy atom. The molecule has 0 saturated carbocycles. The first-order chi connectivity index (χ1) is 30.7. The van der Waals surface area contributed by atoms with Crippen LogP contribution in [0, 0.1) is 0 Å². The maximum atomic E-state index is 5.40. The van der Waals surface area contributed by atoms with Gasteiger partial charge in [0.1, 0.15) is 0 Å². The van der Waals surface area contributed by atoms with Gasteiger partial charge in [0, 0.05) is 49.5 Å². The quantitative estimate of drug-likeness (QED) is 0.161. The Morgan fingerprint density at radius 1 is 0.290 bits per heavy atom. The van der Waals surface area contributed by atoms with Crippen molar-refractivity contribution in [1.82, 2.24) is 29.1 Å². The van der Waals surface area contributed by atoms with Crippen molar-refractivity contribution in [2.75, 3.05) is 0 Å². The monoisotopic (exact) mass is 792 g/mol. The second-order valence-electron chi connectivity index (χ2n) is 15.5. The molecule has 0 spiro atoms. The van der Waals surface area contributed by atoms with Gasteiger partial charge in [-0.25, -0.2) is 9.97 Å². The van der Waals surface area contributed by atoms with Gasteiger partial charge in [-0.15, -0.1) is 0 Å². The van der Waals surface area contributed by atoms with E-state index < -0.39 is 0 Å². The summed E-state index contributed by atoms with van der Waals surface area (Å²) in [6, 6.07) is 76.1. The number of hydrogen-bond acceptors (Lipinski definition) is 4. The number of benzene rings is 8. The van der Waals surface area contributed by atoms with E-state index in [9.17, 15) is 0 Å². The van der Waals surface area contributed by atoms with E-state index in [2.05, 4.69) is 197 Å². The lowest BCUT2D eigenvalue weighted by molar-refractivity contribution is 0.955. The number of fused-ring (bicyclic) bond motifs is 7. The lowest BCUT2D eigenvalue weighted by atomic mass is 9.99. The van der Waals surface area contributed by atoms with E-state index in [1.165, 1.54) is 0 Å². The van der Waals surface area contributed by atoms with Gasteiger partial charge in [0.25, 0.3) is 0 Å². The molecule has 6 heteroatoms. The molecule has 62 heavy (non-hydrogen) atoms. The Labute approximate surface area is 357 Å². The first-order valence-corrected chi connectivity index (χ1v) is 20.8. The van der Waals surface area contributed by atoms with Gasteiger partial charge in [-0.05, 0) is 59.7 Å². The van der Waals surface area contributed by atoms with Crippen LogP contribution in [-0.2, 0) is 0 Å². The largest absolute Gasteiger partial charge is 0.309 e. The maximum Gasteiger partial charge on any atom is 0.238 e. The smallest absolute Gasteiger partial charge is 0.238 e. The standard InChI is InChI=1S/C56H36N6/c1-5-18-37(19-6-1)42-35-47(38-20-7-2-8-21-38)57-48(36-42)40-24-17-25-41(34-40)55-58-54(39-22-9-3-10-23-39)59-56(60-55)62-49-30-15-13-28-44(49)45-32-33-51-52(53(45)62)46-29-14-16-31-50(46)61(51)43-26-11-4-12-27-43/h1-36H. The molecule has 12 aromatic rings. The van der Waals surface area contributed by atoms with Crippen LogP contribution in [0.2, 0.25) is 0 Å². The van der Waals surface area contributed by atoms with Crippen molar-refractivity contribution in [3.05, 3.63) is 218 Å². The Hall–Kier alpha value is -8.48. The molecule has 8 aromatic carbocycles. The molecule has 0 unspecified atom stereocenters. The zero-order chi connectivity index (χ0) is 41.0. The van der Waals surface area contributed by atoms with Gasteiger partial charge in [-0.3, -0.25) is 4.57 Å². The zero-order valence-corrected chi connectivity index (χ0v) is 33.5. The molecule has 6 nitrogen and oxygen atoms in total. The molecule has 12 rings (SSSR count). The third-order valence-electron chi connectivity index (χ3n) is 11.8. The number of para-hydroxylation sites is 3. The molecule has 0 saturated heterocycles. The zero-order valence-electron chi connectivity index (χ0n) is 33.5. The highest BCUT2D eigenvalue weighted by atomic mass is 15.2. The van der Waals surface area contributed by atoms with Crippen LogP contribution in [-0.4, -0.2) is 29.1 Å². The van der Waals surface area contributed by atoms with Crippen molar-refractivity contribution in [2.45, 2.75) is 0 Å². The summed E-state index contributed by atoms with van der Waals surface area (Å²) in [5.74, 6) is 1.71. The molecule has 0 bridgehead atoms. The molecular formula is C56H36N6. The summed E-state index contributed by atoms with van der Waals surface area (Å²) in [5.41, 5.74) is 13.2. The molecule has 290 valence electrons. The van der Waals surface area contributed by atoms with E-state index in [0.717, 1.165) is 94.1 Å². The normalized spacial score (nSPS) is 11.5. The van der Waals surface area contributed by atoms with E-state index in [1.807, 2.05) is 30.3 Å². The van der Waals surface area contributed by atoms with Crippen LogP contribution < -0.4 is 0 Å². The van der Waals surface area contributed by atoms with Gasteiger partial charge < -0.3 is 4.57 Å². The van der Waals surface area contributed by atoms with Crippen LogP contribution in [0.15, 0.2) is 218 Å². The molecule has 0 aliphatic heterocycles. The highest BCUT2D eigenvalue weighted by molar-refractivity contribution is 6.26. The van der Waals surface area contributed by atoms with Gasteiger partial charge in [0.2, 0.25) is 5.95 Å². The summed E-state index contributed by atoms with van der Waals surface area (Å²) >= 11 is 0. The van der Waals surface area contributed by atoms with E-state index >= 15 is 0 Å². The van der Waals surface area contributed by atoms with Gasteiger partial charge >= 0.3 is 0 Å². The lowest BCUT2D eigenvalue weighted by Crippen LogP contribution is -2.06. The van der Waals surface area contributed by atoms with Gasteiger partial charge in [0.15, 0.2) is 11.6 Å². The predicted molar refractivity (Wildman–Crippen MR) is 253 cm³/mol. The second kappa shape index (κ2) is 14.7. The lowest BCUT2D eigenvalue weighted by Gasteiger charge is -2.13. The van der Waals surface area contributed by atoms with Crippen molar-refractivity contribution < 1.29 is 0 Å². The summed E-state index contributed by atoms with van der Waals surface area (Å²) in [4.78, 5) is 21.2. The second-order valence-corrected chi connectivity index (χ2v) is 15.5. The maximum absolute atomic E-state index is 5.40. The van der Waals surface area contributed by atoms with Crippen molar-refractivity contribution in [3.63, 3.8) is 0 Å². The number of aromatic nitrogens is 6. The molecule has 0 radical (unpaired) electrons. The predicted octanol–water partition coefficient (Wildman–Crippen LogP) is 13.8. The minimum absolute atomic E-state index is 0.546. The number of hydrogen-bond donors (Lipinski definition) is 0. The molecule has 0 fully saturated rings. The SMILES string of the molecule is c1ccc(-c2cc(-c3ccccc3)nc(-c3cccc(-c4nc(-c5ccccc5)nc(-n5c6ccccc6c6ccc7c(c8ccccc8n7-c7ccccc7)c65)n4)c3)c2)cc1. The Balaban J connectivity index is 1.11. The van der Waals surface area contributed by atoms with Gasteiger partial charge in [-0.1, -0.05) is 170 Å². The summed E-state index contributed by atoms with van der Waals surface area (Å²) in [6.07, 6.45) is 0. The van der Waals surface area contributed by atoms with E-state index in [0.29, 0.717) is 17.6 Å². The Kier molecular flexibility index (Phi) is 8.38. The van der Waals surface area contributed by atoms with Crippen LogP contribution in [0.1, 0.15) is 0 Å².